The molecule has 1 atom stereocenters. The average Bonchev–Trinajstić information content (AvgIpc) is 2.44. The maximum absolute atomic E-state index is 11.8. The standard InChI is InChI=1S/C15H23ClN2O2/c1-4-13(17)9-11-8-12(16)6-7-14(11)20-10-15(19)18(3)5-2/h6-8,13H,4-5,9-10,17H2,1-3H3. The number of likely N-dealkylation sites (N-methyl/N-ethyl adjacent to an activating group) is 1. The van der Waals surface area contributed by atoms with E-state index < -0.39 is 0 Å². The van der Waals surface area contributed by atoms with E-state index in [0.717, 1.165) is 12.0 Å². The number of nitrogens with two attached hydrogens (primary N) is 1. The fourth-order valence-corrected chi connectivity index (χ4v) is 1.90. The number of amides is 1. The smallest absolute Gasteiger partial charge is 0.260 e. The van der Waals surface area contributed by atoms with E-state index in [1.807, 2.05) is 19.9 Å². The fraction of sp³-hybridized carbons (Fsp3) is 0.533. The number of hydrogen-bond acceptors (Lipinski definition) is 3. The lowest BCUT2D eigenvalue weighted by Gasteiger charge is -2.17. The first-order valence-corrected chi connectivity index (χ1v) is 7.26. The van der Waals surface area contributed by atoms with Crippen molar-refractivity contribution in [3.05, 3.63) is 28.8 Å². The van der Waals surface area contributed by atoms with Gasteiger partial charge in [0.15, 0.2) is 6.61 Å². The number of carbonyl (C=O) groups excluding carboxylic acids is 1. The van der Waals surface area contributed by atoms with Crippen molar-refractivity contribution in [1.82, 2.24) is 4.90 Å². The van der Waals surface area contributed by atoms with Gasteiger partial charge in [-0.25, -0.2) is 0 Å². The van der Waals surface area contributed by atoms with E-state index in [1.54, 1.807) is 24.1 Å². The molecular formula is C15H23ClN2O2. The summed E-state index contributed by atoms with van der Waals surface area (Å²) >= 11 is 6.01. The SMILES string of the molecule is CCC(N)Cc1cc(Cl)ccc1OCC(=O)N(C)CC. The minimum Gasteiger partial charge on any atom is -0.483 e. The number of rotatable bonds is 7. The molecule has 1 rings (SSSR count). The lowest BCUT2D eigenvalue weighted by atomic mass is 10.0. The first-order chi connectivity index (χ1) is 9.47. The van der Waals surface area contributed by atoms with Crippen LogP contribution in [0.2, 0.25) is 5.02 Å². The van der Waals surface area contributed by atoms with Gasteiger partial charge in [-0.1, -0.05) is 18.5 Å². The van der Waals surface area contributed by atoms with Gasteiger partial charge in [-0.05, 0) is 43.5 Å². The second kappa shape index (κ2) is 8.12. The molecule has 0 aliphatic carbocycles. The molecule has 0 fully saturated rings. The summed E-state index contributed by atoms with van der Waals surface area (Å²) in [5, 5.41) is 0.646. The summed E-state index contributed by atoms with van der Waals surface area (Å²) in [7, 11) is 1.75. The fourth-order valence-electron chi connectivity index (χ4n) is 1.70. The summed E-state index contributed by atoms with van der Waals surface area (Å²) in [6.07, 6.45) is 1.56. The van der Waals surface area contributed by atoms with Crippen LogP contribution in [0.15, 0.2) is 18.2 Å². The molecule has 4 nitrogen and oxygen atoms in total. The molecular weight excluding hydrogens is 276 g/mol. The quantitative estimate of drug-likeness (QED) is 0.841. The summed E-state index contributed by atoms with van der Waals surface area (Å²) in [5.41, 5.74) is 6.92. The zero-order chi connectivity index (χ0) is 15.1. The molecule has 0 spiro atoms. The van der Waals surface area contributed by atoms with Gasteiger partial charge in [-0.15, -0.1) is 0 Å². The molecule has 0 aliphatic heterocycles. The average molecular weight is 299 g/mol. The predicted molar refractivity (Wildman–Crippen MR) is 82.2 cm³/mol. The van der Waals surface area contributed by atoms with Gasteiger partial charge < -0.3 is 15.4 Å². The van der Waals surface area contributed by atoms with Crippen LogP contribution in [0, 0.1) is 0 Å². The monoisotopic (exact) mass is 298 g/mol. The van der Waals surface area contributed by atoms with Gasteiger partial charge in [-0.2, -0.15) is 0 Å². The van der Waals surface area contributed by atoms with Crippen LogP contribution in [0.4, 0.5) is 0 Å². The minimum absolute atomic E-state index is 0.0281. The summed E-state index contributed by atoms with van der Waals surface area (Å²) < 4.78 is 5.62. The molecule has 0 aromatic heterocycles. The van der Waals surface area contributed by atoms with Crippen molar-refractivity contribution in [1.29, 1.82) is 0 Å². The normalized spacial score (nSPS) is 12.1. The molecule has 0 heterocycles. The van der Waals surface area contributed by atoms with Gasteiger partial charge in [0.05, 0.1) is 0 Å². The van der Waals surface area contributed by atoms with Gasteiger partial charge >= 0.3 is 0 Å². The highest BCUT2D eigenvalue weighted by Gasteiger charge is 2.12. The maximum atomic E-state index is 11.8. The Morgan fingerprint density at radius 1 is 1.45 bits per heavy atom. The number of benzene rings is 1. The number of hydrogen-bond donors (Lipinski definition) is 1. The Bertz CT molecular complexity index is 451. The third-order valence-electron chi connectivity index (χ3n) is 3.28. The van der Waals surface area contributed by atoms with E-state index in [9.17, 15) is 4.79 Å². The van der Waals surface area contributed by atoms with Crippen molar-refractivity contribution in [2.45, 2.75) is 32.7 Å². The molecule has 0 radical (unpaired) electrons. The number of carbonyl (C=O) groups is 1. The highest BCUT2D eigenvalue weighted by Crippen LogP contribution is 2.24. The lowest BCUT2D eigenvalue weighted by molar-refractivity contribution is -0.131. The Morgan fingerprint density at radius 2 is 2.15 bits per heavy atom. The maximum Gasteiger partial charge on any atom is 0.260 e. The number of ether oxygens (including phenoxy) is 1. The largest absolute Gasteiger partial charge is 0.483 e. The predicted octanol–water partition coefficient (Wildman–Crippen LogP) is 2.48. The number of nitrogens with zero attached hydrogens (tertiary/aromatic N) is 1. The first-order valence-electron chi connectivity index (χ1n) is 6.88. The van der Waals surface area contributed by atoms with Crippen LogP contribution in [0.3, 0.4) is 0 Å². The Labute approximate surface area is 125 Å². The number of halogens is 1. The molecule has 0 saturated carbocycles. The molecule has 0 bridgehead atoms. The van der Waals surface area contributed by atoms with Gasteiger partial charge in [0.2, 0.25) is 0 Å². The van der Waals surface area contributed by atoms with Crippen LogP contribution in [0.25, 0.3) is 0 Å². The van der Waals surface area contributed by atoms with Crippen LogP contribution < -0.4 is 10.5 Å². The van der Waals surface area contributed by atoms with Crippen molar-refractivity contribution in [3.63, 3.8) is 0 Å². The zero-order valence-corrected chi connectivity index (χ0v) is 13.1. The van der Waals surface area contributed by atoms with E-state index in [1.165, 1.54) is 0 Å². The van der Waals surface area contributed by atoms with Crippen LogP contribution in [-0.4, -0.2) is 37.0 Å². The molecule has 20 heavy (non-hydrogen) atoms. The molecule has 1 aromatic rings. The summed E-state index contributed by atoms with van der Waals surface area (Å²) in [4.78, 5) is 13.4. The summed E-state index contributed by atoms with van der Waals surface area (Å²) in [5.74, 6) is 0.629. The molecule has 1 unspecified atom stereocenters. The summed E-state index contributed by atoms with van der Waals surface area (Å²) in [6.45, 7) is 4.65. The second-order valence-corrected chi connectivity index (χ2v) is 5.26. The minimum atomic E-state index is -0.0480. The van der Waals surface area contributed by atoms with E-state index in [4.69, 9.17) is 22.1 Å². The van der Waals surface area contributed by atoms with E-state index in [2.05, 4.69) is 0 Å². The Kier molecular flexibility index (Phi) is 6.82. The molecule has 1 aromatic carbocycles. The summed E-state index contributed by atoms with van der Waals surface area (Å²) in [6, 6.07) is 5.45. The molecule has 0 aliphatic rings. The van der Waals surface area contributed by atoms with Gasteiger partial charge in [-0.3, -0.25) is 4.79 Å². The highest BCUT2D eigenvalue weighted by atomic mass is 35.5. The Morgan fingerprint density at radius 3 is 2.75 bits per heavy atom. The van der Waals surface area contributed by atoms with Gasteiger partial charge in [0, 0.05) is 24.7 Å². The Hall–Kier alpha value is -1.26. The van der Waals surface area contributed by atoms with Crippen molar-refractivity contribution >= 4 is 17.5 Å². The van der Waals surface area contributed by atoms with E-state index in [-0.39, 0.29) is 18.6 Å². The molecule has 5 heteroatoms. The van der Waals surface area contributed by atoms with Crippen molar-refractivity contribution in [3.8, 4) is 5.75 Å². The molecule has 0 saturated heterocycles. The van der Waals surface area contributed by atoms with Gasteiger partial charge in [0.25, 0.3) is 5.91 Å². The van der Waals surface area contributed by atoms with Crippen LogP contribution in [0.5, 0.6) is 5.75 Å². The topological polar surface area (TPSA) is 55.6 Å². The molecule has 2 N–H and O–H groups in total. The van der Waals surface area contributed by atoms with Gasteiger partial charge in [0.1, 0.15) is 5.75 Å². The molecule has 112 valence electrons. The molecule has 1 amide bonds. The lowest BCUT2D eigenvalue weighted by Crippen LogP contribution is -2.31. The van der Waals surface area contributed by atoms with E-state index in [0.29, 0.717) is 23.7 Å². The van der Waals surface area contributed by atoms with Crippen LogP contribution in [0.1, 0.15) is 25.8 Å². The van der Waals surface area contributed by atoms with Crippen molar-refractivity contribution in [2.75, 3.05) is 20.2 Å². The second-order valence-electron chi connectivity index (χ2n) is 4.82. The van der Waals surface area contributed by atoms with Crippen LogP contribution in [-0.2, 0) is 11.2 Å². The van der Waals surface area contributed by atoms with E-state index >= 15 is 0 Å². The third-order valence-corrected chi connectivity index (χ3v) is 3.52. The first kappa shape index (κ1) is 16.8. The van der Waals surface area contributed by atoms with Crippen molar-refractivity contribution in [2.24, 2.45) is 5.73 Å². The zero-order valence-electron chi connectivity index (χ0n) is 12.4. The third kappa shape index (κ3) is 5.02. The highest BCUT2D eigenvalue weighted by molar-refractivity contribution is 6.30. The Balaban J connectivity index is 2.76. The van der Waals surface area contributed by atoms with Crippen molar-refractivity contribution < 1.29 is 9.53 Å². The van der Waals surface area contributed by atoms with Crippen LogP contribution >= 0.6 is 11.6 Å².